The molecule has 1 amide bonds. The van der Waals surface area contributed by atoms with Gasteiger partial charge in [-0.05, 0) is 40.1 Å². The smallest absolute Gasteiger partial charge is 0.251 e. The van der Waals surface area contributed by atoms with Gasteiger partial charge in [-0.2, -0.15) is 5.21 Å². The number of nitrogens with zero attached hydrogens (tertiary/aromatic N) is 3. The van der Waals surface area contributed by atoms with Crippen LogP contribution in [0.4, 0.5) is 0 Å². The minimum Gasteiger partial charge on any atom is -0.348 e. The van der Waals surface area contributed by atoms with Crippen molar-refractivity contribution in [2.24, 2.45) is 10.9 Å². The van der Waals surface area contributed by atoms with E-state index in [0.29, 0.717) is 28.8 Å². The molecule has 31 heavy (non-hydrogen) atoms. The van der Waals surface area contributed by atoms with Crippen molar-refractivity contribution in [2.75, 3.05) is 12.3 Å². The predicted molar refractivity (Wildman–Crippen MR) is 109 cm³/mol. The number of rotatable bonds is 6. The van der Waals surface area contributed by atoms with Gasteiger partial charge in [0.2, 0.25) is 15.8 Å². The fraction of sp³-hybridized carbons (Fsp3) is 0.176. The van der Waals surface area contributed by atoms with Gasteiger partial charge in [0, 0.05) is 18.7 Å². The standard InChI is InChI=1S/C17H17N7O5S2/c18-5-6-30(26,27)13-4-3-11(9-1-2-12-10(7-9)8-20-17(12)25)14(15(13)31(19,28)29)16-21-23-24-22-16/h1-4,7H,5-6,8,18H2,(H,20,25)(H2,19,28,29)(H,21,22,23,24). The van der Waals surface area contributed by atoms with Crippen LogP contribution in [0.5, 0.6) is 0 Å². The van der Waals surface area contributed by atoms with Crippen LogP contribution in [0.1, 0.15) is 15.9 Å². The van der Waals surface area contributed by atoms with Gasteiger partial charge in [0.05, 0.1) is 16.2 Å². The molecular formula is C17H17N7O5S2. The first kappa shape index (κ1) is 21.0. The van der Waals surface area contributed by atoms with Crippen LogP contribution in [0, 0.1) is 0 Å². The summed E-state index contributed by atoms with van der Waals surface area (Å²) in [7, 11) is -8.63. The highest BCUT2D eigenvalue weighted by atomic mass is 32.2. The van der Waals surface area contributed by atoms with Gasteiger partial charge >= 0.3 is 0 Å². The zero-order valence-corrected chi connectivity index (χ0v) is 17.5. The Hall–Kier alpha value is -3.20. The number of hydrogen-bond donors (Lipinski definition) is 4. The summed E-state index contributed by atoms with van der Waals surface area (Å²) in [5, 5.41) is 21.5. The van der Waals surface area contributed by atoms with E-state index in [4.69, 9.17) is 10.9 Å². The van der Waals surface area contributed by atoms with Gasteiger partial charge in [-0.1, -0.05) is 12.1 Å². The fourth-order valence-corrected chi connectivity index (χ4v) is 6.24. The average molecular weight is 464 g/mol. The first-order valence-corrected chi connectivity index (χ1v) is 12.1. The molecule has 0 fully saturated rings. The monoisotopic (exact) mass is 463 g/mol. The highest BCUT2D eigenvalue weighted by Crippen LogP contribution is 2.39. The molecule has 6 N–H and O–H groups in total. The maximum Gasteiger partial charge on any atom is 0.251 e. The zero-order valence-electron chi connectivity index (χ0n) is 15.9. The summed E-state index contributed by atoms with van der Waals surface area (Å²) in [5.41, 5.74) is 7.30. The number of hydrogen-bond acceptors (Lipinski definition) is 9. The maximum absolute atomic E-state index is 12.7. The van der Waals surface area contributed by atoms with Crippen LogP contribution in [-0.4, -0.2) is 55.7 Å². The van der Waals surface area contributed by atoms with Crippen LogP contribution in [0.15, 0.2) is 40.1 Å². The highest BCUT2D eigenvalue weighted by Gasteiger charge is 2.32. The van der Waals surface area contributed by atoms with Crippen molar-refractivity contribution in [1.29, 1.82) is 0 Å². The molecule has 3 aromatic rings. The molecule has 0 saturated carbocycles. The second-order valence-corrected chi connectivity index (χ2v) is 10.3. The number of tetrazole rings is 1. The molecule has 1 aliphatic heterocycles. The number of carbonyl (C=O) groups excluding carboxylic acids is 1. The van der Waals surface area contributed by atoms with Crippen molar-refractivity contribution in [3.63, 3.8) is 0 Å². The van der Waals surface area contributed by atoms with Crippen LogP contribution in [-0.2, 0) is 26.4 Å². The van der Waals surface area contributed by atoms with Gasteiger partial charge in [-0.25, -0.2) is 22.0 Å². The predicted octanol–water partition coefficient (Wildman–Crippen LogP) is -0.843. The molecule has 4 rings (SSSR count). The number of primary sulfonamides is 1. The topological polar surface area (TPSA) is 204 Å². The highest BCUT2D eigenvalue weighted by molar-refractivity contribution is 7.93. The van der Waals surface area contributed by atoms with Gasteiger partial charge < -0.3 is 11.1 Å². The molecule has 1 aromatic heterocycles. The number of fused-ring (bicyclic) bond motifs is 1. The Labute approximate surface area is 177 Å². The van der Waals surface area contributed by atoms with E-state index >= 15 is 0 Å². The number of sulfonamides is 1. The average Bonchev–Trinajstić information content (AvgIpc) is 3.36. The van der Waals surface area contributed by atoms with E-state index in [2.05, 4.69) is 25.9 Å². The molecule has 0 spiro atoms. The van der Waals surface area contributed by atoms with Crippen LogP contribution in [0.3, 0.4) is 0 Å². The molecule has 0 unspecified atom stereocenters. The third-order valence-corrected chi connectivity index (χ3v) is 7.70. The largest absolute Gasteiger partial charge is 0.348 e. The van der Waals surface area contributed by atoms with E-state index < -0.39 is 35.4 Å². The van der Waals surface area contributed by atoms with E-state index in [0.717, 1.165) is 0 Å². The zero-order chi connectivity index (χ0) is 22.4. The van der Waals surface area contributed by atoms with Crippen molar-refractivity contribution < 1.29 is 21.6 Å². The molecule has 0 radical (unpaired) electrons. The van der Waals surface area contributed by atoms with E-state index in [-0.39, 0.29) is 23.8 Å². The molecule has 0 aliphatic carbocycles. The van der Waals surface area contributed by atoms with Crippen LogP contribution in [0.25, 0.3) is 22.5 Å². The van der Waals surface area contributed by atoms with Crippen molar-refractivity contribution in [1.82, 2.24) is 25.9 Å². The van der Waals surface area contributed by atoms with Crippen LogP contribution >= 0.6 is 0 Å². The van der Waals surface area contributed by atoms with Crippen LogP contribution in [0.2, 0.25) is 0 Å². The normalized spacial score (nSPS) is 13.8. The Bertz CT molecular complexity index is 1400. The first-order chi connectivity index (χ1) is 14.6. The van der Waals surface area contributed by atoms with E-state index in [9.17, 15) is 21.6 Å². The second-order valence-electron chi connectivity index (χ2n) is 6.76. The molecule has 12 nitrogen and oxygen atoms in total. The van der Waals surface area contributed by atoms with Crippen LogP contribution < -0.4 is 16.2 Å². The molecule has 14 heteroatoms. The Morgan fingerprint density at radius 1 is 1.06 bits per heavy atom. The molecule has 0 atom stereocenters. The Balaban J connectivity index is 2.08. The lowest BCUT2D eigenvalue weighted by molar-refractivity contribution is 0.0965. The van der Waals surface area contributed by atoms with Gasteiger partial charge in [0.15, 0.2) is 9.84 Å². The minimum absolute atomic E-state index is 0.119. The number of aromatic nitrogens is 4. The van der Waals surface area contributed by atoms with E-state index in [1.54, 1.807) is 18.2 Å². The third-order valence-electron chi connectivity index (χ3n) is 4.80. The number of H-pyrrole nitrogens is 1. The number of aromatic amines is 1. The lowest BCUT2D eigenvalue weighted by atomic mass is 9.96. The summed E-state index contributed by atoms with van der Waals surface area (Å²) < 4.78 is 50.6. The number of nitrogens with two attached hydrogens (primary N) is 2. The van der Waals surface area contributed by atoms with Gasteiger partial charge in [-0.3, -0.25) is 4.79 Å². The number of amides is 1. The van der Waals surface area contributed by atoms with Gasteiger partial charge in [0.25, 0.3) is 5.91 Å². The maximum atomic E-state index is 12.7. The van der Waals surface area contributed by atoms with Crippen molar-refractivity contribution in [3.8, 4) is 22.5 Å². The number of carbonyl (C=O) groups is 1. The minimum atomic E-state index is -4.55. The summed E-state index contributed by atoms with van der Waals surface area (Å²) in [6, 6.07) is 7.52. The lowest BCUT2D eigenvalue weighted by Gasteiger charge is -2.16. The fourth-order valence-electron chi connectivity index (χ4n) is 3.49. The number of sulfone groups is 1. The van der Waals surface area contributed by atoms with Gasteiger partial charge in [0.1, 0.15) is 4.90 Å². The Morgan fingerprint density at radius 2 is 1.81 bits per heavy atom. The summed E-state index contributed by atoms with van der Waals surface area (Å²) in [4.78, 5) is 10.7. The second kappa shape index (κ2) is 7.49. The summed E-state index contributed by atoms with van der Waals surface area (Å²) in [5.74, 6) is -0.848. The number of benzene rings is 2. The molecule has 1 aliphatic rings. The number of nitrogens with one attached hydrogen (secondary N) is 2. The quantitative estimate of drug-likeness (QED) is 0.359. The summed E-state index contributed by atoms with van der Waals surface area (Å²) in [6.07, 6.45) is 0. The van der Waals surface area contributed by atoms with E-state index in [1.807, 2.05) is 0 Å². The summed E-state index contributed by atoms with van der Waals surface area (Å²) in [6.45, 7) is 0.0993. The molecule has 2 heterocycles. The molecule has 0 saturated heterocycles. The first-order valence-electron chi connectivity index (χ1n) is 8.91. The lowest BCUT2D eigenvalue weighted by Crippen LogP contribution is -2.22. The Morgan fingerprint density at radius 3 is 2.45 bits per heavy atom. The molecule has 0 bridgehead atoms. The van der Waals surface area contributed by atoms with E-state index in [1.165, 1.54) is 12.1 Å². The molecule has 2 aromatic carbocycles. The summed E-state index contributed by atoms with van der Waals surface area (Å²) >= 11 is 0. The molecule has 162 valence electrons. The van der Waals surface area contributed by atoms with Crippen molar-refractivity contribution >= 4 is 25.8 Å². The Kier molecular flexibility index (Phi) is 5.09. The SMILES string of the molecule is NCCS(=O)(=O)c1ccc(-c2ccc3c(c2)CNC3=O)c(-c2nn[nH]n2)c1S(N)(=O)=O. The van der Waals surface area contributed by atoms with Gasteiger partial charge in [-0.15, -0.1) is 10.2 Å². The molecular weight excluding hydrogens is 446 g/mol. The van der Waals surface area contributed by atoms with Crippen molar-refractivity contribution in [2.45, 2.75) is 16.3 Å². The third kappa shape index (κ3) is 3.69. The van der Waals surface area contributed by atoms with Crippen molar-refractivity contribution in [3.05, 3.63) is 41.5 Å².